The fraction of sp³-hybridized carbons (Fsp3) is 0.333. The Labute approximate surface area is 178 Å². The summed E-state index contributed by atoms with van der Waals surface area (Å²) >= 11 is 0. The van der Waals surface area contributed by atoms with Crippen LogP contribution in [0.25, 0.3) is 10.9 Å². The van der Waals surface area contributed by atoms with Crippen molar-refractivity contribution in [2.75, 3.05) is 31.1 Å². The zero-order valence-corrected chi connectivity index (χ0v) is 17.6. The molecule has 164 valence electrons. The molecule has 6 nitrogen and oxygen atoms in total. The van der Waals surface area contributed by atoms with Gasteiger partial charge in [0.15, 0.2) is 0 Å². The Morgan fingerprint density at radius 2 is 1.77 bits per heavy atom. The molecule has 0 spiro atoms. The standard InChI is InChI=1S/C21H21F3N4O2S/c1-15-5-7-18(17-4-2-9-25-20(15)17)31(29,30)28-11-3-10-27(12-13-28)19-8-6-16(14-26-19)21(22,23)24/h2,4-9,14H,3,10-13H2,1H3. The highest BCUT2D eigenvalue weighted by atomic mass is 32.2. The van der Waals surface area contributed by atoms with Gasteiger partial charge >= 0.3 is 6.18 Å². The second-order valence-corrected chi connectivity index (χ2v) is 9.33. The Bertz CT molecular complexity index is 1200. The second-order valence-electron chi connectivity index (χ2n) is 7.43. The van der Waals surface area contributed by atoms with Crippen molar-refractivity contribution in [2.24, 2.45) is 0 Å². The Balaban J connectivity index is 1.57. The van der Waals surface area contributed by atoms with Crippen molar-refractivity contribution in [2.45, 2.75) is 24.4 Å². The van der Waals surface area contributed by atoms with Crippen molar-refractivity contribution in [1.29, 1.82) is 0 Å². The molecule has 3 heterocycles. The molecule has 0 bridgehead atoms. The van der Waals surface area contributed by atoms with Crippen LogP contribution in [0, 0.1) is 6.92 Å². The van der Waals surface area contributed by atoms with E-state index in [-0.39, 0.29) is 11.4 Å². The number of alkyl halides is 3. The van der Waals surface area contributed by atoms with Crippen LogP contribution in [0.15, 0.2) is 53.7 Å². The van der Waals surface area contributed by atoms with Gasteiger partial charge in [-0.25, -0.2) is 13.4 Å². The zero-order valence-electron chi connectivity index (χ0n) is 16.8. The molecule has 1 aliphatic heterocycles. The lowest BCUT2D eigenvalue weighted by Crippen LogP contribution is -2.35. The number of benzene rings is 1. The van der Waals surface area contributed by atoms with Crippen molar-refractivity contribution in [1.82, 2.24) is 14.3 Å². The van der Waals surface area contributed by atoms with Crippen LogP contribution in [0.4, 0.5) is 19.0 Å². The van der Waals surface area contributed by atoms with Crippen LogP contribution in [-0.2, 0) is 16.2 Å². The van der Waals surface area contributed by atoms with E-state index in [4.69, 9.17) is 0 Å². The van der Waals surface area contributed by atoms with Gasteiger partial charge in [0.05, 0.1) is 16.0 Å². The molecule has 1 aliphatic rings. The highest BCUT2D eigenvalue weighted by Gasteiger charge is 2.32. The van der Waals surface area contributed by atoms with E-state index >= 15 is 0 Å². The minimum Gasteiger partial charge on any atom is -0.355 e. The maximum atomic E-state index is 13.4. The summed E-state index contributed by atoms with van der Waals surface area (Å²) in [6, 6.07) is 9.13. The molecule has 1 saturated heterocycles. The molecular formula is C21H21F3N4O2S. The third kappa shape index (κ3) is 4.22. The minimum absolute atomic E-state index is 0.209. The molecule has 31 heavy (non-hydrogen) atoms. The van der Waals surface area contributed by atoms with Crippen molar-refractivity contribution in [3.8, 4) is 0 Å². The summed E-state index contributed by atoms with van der Waals surface area (Å²) in [6.45, 7) is 3.24. The van der Waals surface area contributed by atoms with Gasteiger partial charge in [-0.2, -0.15) is 17.5 Å². The van der Waals surface area contributed by atoms with Crippen LogP contribution >= 0.6 is 0 Å². The van der Waals surface area contributed by atoms with Gasteiger partial charge < -0.3 is 4.90 Å². The Morgan fingerprint density at radius 1 is 0.968 bits per heavy atom. The zero-order chi connectivity index (χ0) is 22.2. The maximum Gasteiger partial charge on any atom is 0.417 e. The topological polar surface area (TPSA) is 66.4 Å². The summed E-state index contributed by atoms with van der Waals surface area (Å²) in [6.07, 6.45) is -1.47. The number of halogens is 3. The van der Waals surface area contributed by atoms with E-state index in [1.807, 2.05) is 11.8 Å². The number of aromatic nitrogens is 2. The third-order valence-corrected chi connectivity index (χ3v) is 7.36. The van der Waals surface area contributed by atoms with E-state index in [2.05, 4.69) is 9.97 Å². The number of aryl methyl sites for hydroxylation is 1. The van der Waals surface area contributed by atoms with Gasteiger partial charge in [0.2, 0.25) is 10.0 Å². The molecule has 4 rings (SSSR count). The van der Waals surface area contributed by atoms with Crippen molar-refractivity contribution < 1.29 is 21.6 Å². The summed E-state index contributed by atoms with van der Waals surface area (Å²) in [5, 5.41) is 0.577. The molecule has 2 aromatic heterocycles. The highest BCUT2D eigenvalue weighted by molar-refractivity contribution is 7.89. The largest absolute Gasteiger partial charge is 0.417 e. The number of nitrogens with zero attached hydrogens (tertiary/aromatic N) is 4. The number of rotatable bonds is 3. The maximum absolute atomic E-state index is 13.4. The number of fused-ring (bicyclic) bond motifs is 1. The second kappa shape index (κ2) is 8.08. The molecule has 0 amide bonds. The van der Waals surface area contributed by atoms with Crippen LogP contribution in [-0.4, -0.2) is 48.9 Å². The van der Waals surface area contributed by atoms with Crippen molar-refractivity contribution in [3.63, 3.8) is 0 Å². The smallest absolute Gasteiger partial charge is 0.355 e. The van der Waals surface area contributed by atoms with E-state index in [9.17, 15) is 21.6 Å². The Hall–Kier alpha value is -2.72. The average molecular weight is 450 g/mol. The first-order valence-electron chi connectivity index (χ1n) is 9.80. The fourth-order valence-corrected chi connectivity index (χ4v) is 5.41. The van der Waals surface area contributed by atoms with Crippen LogP contribution in [0.1, 0.15) is 17.5 Å². The van der Waals surface area contributed by atoms with E-state index in [0.717, 1.165) is 17.8 Å². The molecule has 3 aromatic rings. The van der Waals surface area contributed by atoms with Gasteiger partial charge in [-0.3, -0.25) is 4.98 Å². The molecular weight excluding hydrogens is 429 g/mol. The first-order chi connectivity index (χ1) is 14.7. The van der Waals surface area contributed by atoms with Crippen LogP contribution in [0.3, 0.4) is 0 Å². The monoisotopic (exact) mass is 450 g/mol. The summed E-state index contributed by atoms with van der Waals surface area (Å²) < 4.78 is 66.6. The third-order valence-electron chi connectivity index (χ3n) is 5.40. The average Bonchev–Trinajstić information content (AvgIpc) is 3.00. The fourth-order valence-electron chi connectivity index (χ4n) is 3.76. The Kier molecular flexibility index (Phi) is 5.61. The van der Waals surface area contributed by atoms with Crippen LogP contribution < -0.4 is 4.90 Å². The summed E-state index contributed by atoms with van der Waals surface area (Å²) in [7, 11) is -3.76. The molecule has 1 fully saturated rings. The molecule has 0 radical (unpaired) electrons. The van der Waals surface area contributed by atoms with E-state index in [1.165, 1.54) is 10.4 Å². The number of anilines is 1. The molecule has 0 N–H and O–H groups in total. The SMILES string of the molecule is Cc1ccc(S(=O)(=O)N2CCCN(c3ccc(C(F)(F)F)cn3)CC2)c2cccnc12. The summed E-state index contributed by atoms with van der Waals surface area (Å²) in [5.41, 5.74) is 0.731. The first-order valence-corrected chi connectivity index (χ1v) is 11.2. The number of sulfonamides is 1. The highest BCUT2D eigenvalue weighted by Crippen LogP contribution is 2.30. The predicted octanol–water partition coefficient (Wildman–Crippen LogP) is 3.86. The van der Waals surface area contributed by atoms with Gasteiger partial charge in [0.25, 0.3) is 0 Å². The lowest BCUT2D eigenvalue weighted by Gasteiger charge is -2.23. The normalized spacial score (nSPS) is 16.5. The number of hydrogen-bond donors (Lipinski definition) is 0. The van der Waals surface area contributed by atoms with E-state index < -0.39 is 21.8 Å². The summed E-state index contributed by atoms with van der Waals surface area (Å²) in [5.74, 6) is 0.400. The molecule has 10 heteroatoms. The van der Waals surface area contributed by atoms with Crippen LogP contribution in [0.5, 0.6) is 0 Å². The number of hydrogen-bond acceptors (Lipinski definition) is 5. The molecule has 0 aliphatic carbocycles. The Morgan fingerprint density at radius 3 is 2.48 bits per heavy atom. The van der Waals surface area contributed by atoms with Crippen LogP contribution in [0.2, 0.25) is 0 Å². The summed E-state index contributed by atoms with van der Waals surface area (Å²) in [4.78, 5) is 10.3. The van der Waals surface area contributed by atoms with Crippen molar-refractivity contribution in [3.05, 3.63) is 59.9 Å². The lowest BCUT2D eigenvalue weighted by molar-refractivity contribution is -0.137. The van der Waals surface area contributed by atoms with Crippen molar-refractivity contribution >= 4 is 26.7 Å². The van der Waals surface area contributed by atoms with Gasteiger partial charge in [0, 0.05) is 44.0 Å². The van der Waals surface area contributed by atoms with E-state index in [1.54, 1.807) is 30.5 Å². The first kappa shape index (κ1) is 21.5. The molecule has 0 atom stereocenters. The lowest BCUT2D eigenvalue weighted by atomic mass is 10.1. The van der Waals surface area contributed by atoms with E-state index in [0.29, 0.717) is 42.8 Å². The predicted molar refractivity (Wildman–Crippen MR) is 111 cm³/mol. The number of pyridine rings is 2. The van der Waals surface area contributed by atoms with Gasteiger partial charge in [0.1, 0.15) is 5.82 Å². The molecule has 1 aromatic carbocycles. The minimum atomic E-state index is -4.44. The van der Waals surface area contributed by atoms with Gasteiger partial charge in [-0.15, -0.1) is 0 Å². The van der Waals surface area contributed by atoms with Gasteiger partial charge in [-0.1, -0.05) is 6.07 Å². The molecule has 0 saturated carbocycles. The molecule has 0 unspecified atom stereocenters. The quantitative estimate of drug-likeness (QED) is 0.606. The van der Waals surface area contributed by atoms with Gasteiger partial charge in [-0.05, 0) is 49.2 Å².